The number of para-hydroxylation sites is 1. The number of aromatic nitrogens is 1. The van der Waals surface area contributed by atoms with E-state index in [1.54, 1.807) is 12.3 Å². The van der Waals surface area contributed by atoms with E-state index in [0.29, 0.717) is 10.2 Å². The number of nitrogens with two attached hydrogens (primary N) is 1. The van der Waals surface area contributed by atoms with Gasteiger partial charge in [0.2, 0.25) is 0 Å². The molecule has 3 rings (SSSR count). The summed E-state index contributed by atoms with van der Waals surface area (Å²) < 4.78 is 13.8. The van der Waals surface area contributed by atoms with Crippen molar-refractivity contribution in [3.8, 4) is 0 Å². The van der Waals surface area contributed by atoms with Crippen LogP contribution in [-0.2, 0) is 0 Å². The minimum absolute atomic E-state index is 0.286. The quantitative estimate of drug-likeness (QED) is 0.681. The Kier molecular flexibility index (Phi) is 3.28. The van der Waals surface area contributed by atoms with Crippen LogP contribution >= 0.6 is 15.9 Å². The van der Waals surface area contributed by atoms with Gasteiger partial charge in [-0.1, -0.05) is 12.1 Å². The van der Waals surface area contributed by atoms with Gasteiger partial charge in [0.25, 0.3) is 0 Å². The van der Waals surface area contributed by atoms with E-state index in [1.165, 1.54) is 12.1 Å². The second-order valence-electron chi connectivity index (χ2n) is 4.35. The zero-order chi connectivity index (χ0) is 14.1. The summed E-state index contributed by atoms with van der Waals surface area (Å²) in [6, 6.07) is 12.0. The first-order valence-corrected chi connectivity index (χ1v) is 6.80. The number of anilines is 3. The van der Waals surface area contributed by atoms with Crippen LogP contribution in [-0.4, -0.2) is 4.98 Å². The summed E-state index contributed by atoms with van der Waals surface area (Å²) >= 11 is 3.34. The molecule has 5 heteroatoms. The number of hydrogen-bond acceptors (Lipinski definition) is 3. The van der Waals surface area contributed by atoms with Crippen LogP contribution in [0.2, 0.25) is 0 Å². The third-order valence-electron chi connectivity index (χ3n) is 3.00. The molecule has 0 aliphatic carbocycles. The SMILES string of the molecule is Nc1cccc2c(Nc3ccc(F)cc3Br)ccnc12. The van der Waals surface area contributed by atoms with Gasteiger partial charge in [-0.05, 0) is 46.3 Å². The summed E-state index contributed by atoms with van der Waals surface area (Å²) in [6.45, 7) is 0. The highest BCUT2D eigenvalue weighted by molar-refractivity contribution is 9.10. The number of nitrogen functional groups attached to an aromatic ring is 1. The van der Waals surface area contributed by atoms with Gasteiger partial charge < -0.3 is 11.1 Å². The maximum absolute atomic E-state index is 13.1. The van der Waals surface area contributed by atoms with Crippen molar-refractivity contribution in [1.29, 1.82) is 0 Å². The van der Waals surface area contributed by atoms with Crippen LogP contribution in [0.3, 0.4) is 0 Å². The Labute approximate surface area is 123 Å². The molecule has 0 unspecified atom stereocenters. The molecule has 3 aromatic rings. The smallest absolute Gasteiger partial charge is 0.124 e. The molecule has 0 radical (unpaired) electrons. The topological polar surface area (TPSA) is 50.9 Å². The number of fused-ring (bicyclic) bond motifs is 1. The van der Waals surface area contributed by atoms with Crippen molar-refractivity contribution in [2.75, 3.05) is 11.1 Å². The zero-order valence-electron chi connectivity index (χ0n) is 10.4. The maximum atomic E-state index is 13.1. The van der Waals surface area contributed by atoms with Gasteiger partial charge in [0, 0.05) is 21.7 Å². The number of halogens is 2. The molecule has 100 valence electrons. The van der Waals surface area contributed by atoms with Gasteiger partial charge in [-0.15, -0.1) is 0 Å². The second-order valence-corrected chi connectivity index (χ2v) is 5.21. The van der Waals surface area contributed by atoms with Crippen molar-refractivity contribution in [3.63, 3.8) is 0 Å². The Morgan fingerprint density at radius 1 is 1.10 bits per heavy atom. The molecule has 0 fully saturated rings. The summed E-state index contributed by atoms with van der Waals surface area (Å²) in [5, 5.41) is 4.18. The van der Waals surface area contributed by atoms with Gasteiger partial charge in [-0.3, -0.25) is 4.98 Å². The maximum Gasteiger partial charge on any atom is 0.124 e. The van der Waals surface area contributed by atoms with E-state index in [1.807, 2.05) is 24.3 Å². The van der Waals surface area contributed by atoms with Gasteiger partial charge in [0.1, 0.15) is 5.82 Å². The summed E-state index contributed by atoms with van der Waals surface area (Å²) in [5.41, 5.74) is 8.94. The zero-order valence-corrected chi connectivity index (χ0v) is 12.0. The van der Waals surface area contributed by atoms with E-state index in [9.17, 15) is 4.39 Å². The summed E-state index contributed by atoms with van der Waals surface area (Å²) in [7, 11) is 0. The Morgan fingerprint density at radius 3 is 2.75 bits per heavy atom. The molecular weight excluding hydrogens is 321 g/mol. The average Bonchev–Trinajstić information content (AvgIpc) is 2.43. The number of benzene rings is 2. The van der Waals surface area contributed by atoms with E-state index < -0.39 is 0 Å². The van der Waals surface area contributed by atoms with Crippen molar-refractivity contribution in [2.45, 2.75) is 0 Å². The predicted octanol–water partition coefficient (Wildman–Crippen LogP) is 4.46. The standard InChI is InChI=1S/C15H11BrFN3/c16-11-8-9(17)4-5-14(11)20-13-6-7-19-15-10(13)2-1-3-12(15)18/h1-8H,18H2,(H,19,20). The van der Waals surface area contributed by atoms with Gasteiger partial charge in [0.15, 0.2) is 0 Å². The Hall–Kier alpha value is -2.14. The van der Waals surface area contributed by atoms with Crippen LogP contribution in [0.15, 0.2) is 53.1 Å². The predicted molar refractivity (Wildman–Crippen MR) is 83.5 cm³/mol. The lowest BCUT2D eigenvalue weighted by molar-refractivity contribution is 0.627. The largest absolute Gasteiger partial charge is 0.397 e. The number of pyridine rings is 1. The minimum atomic E-state index is -0.286. The molecule has 0 saturated heterocycles. The average molecular weight is 332 g/mol. The van der Waals surface area contributed by atoms with Crippen LogP contribution in [0.5, 0.6) is 0 Å². The molecule has 0 bridgehead atoms. The monoisotopic (exact) mass is 331 g/mol. The minimum Gasteiger partial charge on any atom is -0.397 e. The summed E-state index contributed by atoms with van der Waals surface area (Å²) in [5.74, 6) is -0.286. The first-order valence-electron chi connectivity index (χ1n) is 6.00. The van der Waals surface area contributed by atoms with Crippen LogP contribution in [0, 0.1) is 5.82 Å². The molecule has 3 N–H and O–H groups in total. The molecule has 2 aromatic carbocycles. The highest BCUT2D eigenvalue weighted by Crippen LogP contribution is 2.31. The lowest BCUT2D eigenvalue weighted by atomic mass is 10.1. The highest BCUT2D eigenvalue weighted by Gasteiger charge is 2.07. The first kappa shape index (κ1) is 12.9. The molecular formula is C15H11BrFN3. The van der Waals surface area contributed by atoms with Crippen molar-refractivity contribution >= 4 is 43.9 Å². The lowest BCUT2D eigenvalue weighted by Crippen LogP contribution is -1.96. The molecule has 0 aliphatic rings. The number of nitrogens with zero attached hydrogens (tertiary/aromatic N) is 1. The first-order chi connectivity index (χ1) is 9.65. The van der Waals surface area contributed by atoms with E-state index in [2.05, 4.69) is 26.2 Å². The van der Waals surface area contributed by atoms with Gasteiger partial charge in [0.05, 0.1) is 16.9 Å². The van der Waals surface area contributed by atoms with Crippen LogP contribution in [0.4, 0.5) is 21.5 Å². The van der Waals surface area contributed by atoms with Crippen molar-refractivity contribution in [1.82, 2.24) is 4.98 Å². The Morgan fingerprint density at radius 2 is 1.95 bits per heavy atom. The Bertz CT molecular complexity index is 789. The molecule has 0 aliphatic heterocycles. The van der Waals surface area contributed by atoms with Crippen molar-refractivity contribution in [2.24, 2.45) is 0 Å². The number of nitrogens with one attached hydrogen (secondary N) is 1. The van der Waals surface area contributed by atoms with Gasteiger partial charge >= 0.3 is 0 Å². The molecule has 0 spiro atoms. The van der Waals surface area contributed by atoms with Crippen LogP contribution < -0.4 is 11.1 Å². The summed E-state index contributed by atoms with van der Waals surface area (Å²) in [6.07, 6.45) is 1.69. The fourth-order valence-electron chi connectivity index (χ4n) is 2.04. The molecule has 1 heterocycles. The normalized spacial score (nSPS) is 10.7. The molecule has 1 aromatic heterocycles. The fourth-order valence-corrected chi connectivity index (χ4v) is 2.49. The molecule has 0 saturated carbocycles. The van der Waals surface area contributed by atoms with E-state index >= 15 is 0 Å². The molecule has 0 amide bonds. The fraction of sp³-hybridized carbons (Fsp3) is 0. The molecule has 0 atom stereocenters. The lowest BCUT2D eigenvalue weighted by Gasteiger charge is -2.11. The van der Waals surface area contributed by atoms with Crippen LogP contribution in [0.25, 0.3) is 10.9 Å². The molecule has 3 nitrogen and oxygen atoms in total. The van der Waals surface area contributed by atoms with E-state index in [4.69, 9.17) is 5.73 Å². The summed E-state index contributed by atoms with van der Waals surface area (Å²) in [4.78, 5) is 4.28. The van der Waals surface area contributed by atoms with E-state index in [0.717, 1.165) is 22.3 Å². The third kappa shape index (κ3) is 2.32. The van der Waals surface area contributed by atoms with E-state index in [-0.39, 0.29) is 5.82 Å². The van der Waals surface area contributed by atoms with Gasteiger partial charge in [-0.2, -0.15) is 0 Å². The third-order valence-corrected chi connectivity index (χ3v) is 3.66. The highest BCUT2D eigenvalue weighted by atomic mass is 79.9. The second kappa shape index (κ2) is 5.09. The number of rotatable bonds is 2. The molecule has 20 heavy (non-hydrogen) atoms. The van der Waals surface area contributed by atoms with Crippen LogP contribution in [0.1, 0.15) is 0 Å². The Balaban J connectivity index is 2.09. The van der Waals surface area contributed by atoms with Crippen molar-refractivity contribution < 1.29 is 4.39 Å². The van der Waals surface area contributed by atoms with Gasteiger partial charge in [-0.25, -0.2) is 4.39 Å². The van der Waals surface area contributed by atoms with Crippen molar-refractivity contribution in [3.05, 3.63) is 59.0 Å². The number of hydrogen-bond donors (Lipinski definition) is 2.